The van der Waals surface area contributed by atoms with Crippen LogP contribution in [-0.4, -0.2) is 16.0 Å². The van der Waals surface area contributed by atoms with Crippen molar-refractivity contribution in [2.75, 3.05) is 5.32 Å². The average Bonchev–Trinajstić information content (AvgIpc) is 2.44. The lowest BCUT2D eigenvalue weighted by atomic mass is 9.88. The molecule has 3 rings (SSSR count). The van der Waals surface area contributed by atoms with Crippen LogP contribution in [0.5, 0.6) is 0 Å². The molecule has 1 aromatic carbocycles. The number of aromatic nitrogens is 2. The molecule has 1 atom stereocenters. The minimum absolute atomic E-state index is 0.159. The highest BCUT2D eigenvalue weighted by Gasteiger charge is 2.19. The summed E-state index contributed by atoms with van der Waals surface area (Å²) in [4.78, 5) is 18.2. The van der Waals surface area contributed by atoms with Crippen LogP contribution in [0, 0.1) is 0 Å². The first kappa shape index (κ1) is 12.4. The Labute approximate surface area is 119 Å². The number of nitrogens with zero attached hydrogens (tertiary/aromatic N) is 1. The zero-order chi connectivity index (χ0) is 13.2. The summed E-state index contributed by atoms with van der Waals surface area (Å²) < 4.78 is 0.467. The van der Waals surface area contributed by atoms with Gasteiger partial charge in [0.05, 0.1) is 6.33 Å². The number of aryl methyl sites for hydroxylation is 1. The number of hydrogen-bond acceptors (Lipinski definition) is 3. The van der Waals surface area contributed by atoms with Crippen LogP contribution in [0.1, 0.15) is 17.5 Å². The smallest absolute Gasteiger partial charge is 0.267 e. The zero-order valence-electron chi connectivity index (χ0n) is 10.3. The fourth-order valence-electron chi connectivity index (χ4n) is 2.50. The molecule has 1 aromatic heterocycles. The van der Waals surface area contributed by atoms with E-state index in [1.54, 1.807) is 0 Å². The first-order valence-corrected chi connectivity index (χ1v) is 7.10. The molecule has 0 amide bonds. The van der Waals surface area contributed by atoms with Crippen LogP contribution < -0.4 is 10.9 Å². The van der Waals surface area contributed by atoms with Crippen LogP contribution in [0.2, 0.25) is 0 Å². The fraction of sp³-hybridized carbons (Fsp3) is 0.286. The SMILES string of the molecule is O=c1[nH]cnc(NC2CCc3ccccc3C2)c1Br. The average molecular weight is 320 g/mol. The molecule has 98 valence electrons. The van der Waals surface area contributed by atoms with Crippen LogP contribution in [0.15, 0.2) is 39.9 Å². The van der Waals surface area contributed by atoms with E-state index >= 15 is 0 Å². The van der Waals surface area contributed by atoms with E-state index in [1.165, 1.54) is 17.5 Å². The van der Waals surface area contributed by atoms with Gasteiger partial charge in [0.1, 0.15) is 10.3 Å². The molecule has 0 bridgehead atoms. The summed E-state index contributed by atoms with van der Waals surface area (Å²) in [5, 5.41) is 3.35. The van der Waals surface area contributed by atoms with Crippen molar-refractivity contribution in [2.45, 2.75) is 25.3 Å². The molecule has 0 saturated heterocycles. The van der Waals surface area contributed by atoms with Gasteiger partial charge in [-0.1, -0.05) is 24.3 Å². The third-order valence-corrected chi connectivity index (χ3v) is 4.22. The van der Waals surface area contributed by atoms with Crippen molar-refractivity contribution >= 4 is 21.7 Å². The number of fused-ring (bicyclic) bond motifs is 1. The Hall–Kier alpha value is -1.62. The highest BCUT2D eigenvalue weighted by molar-refractivity contribution is 9.10. The van der Waals surface area contributed by atoms with E-state index in [2.05, 4.69) is 55.5 Å². The lowest BCUT2D eigenvalue weighted by Crippen LogP contribution is -2.28. The van der Waals surface area contributed by atoms with E-state index < -0.39 is 0 Å². The normalized spacial score (nSPS) is 17.8. The van der Waals surface area contributed by atoms with Crippen LogP contribution in [0.3, 0.4) is 0 Å². The minimum Gasteiger partial charge on any atom is -0.366 e. The zero-order valence-corrected chi connectivity index (χ0v) is 11.9. The molecule has 0 saturated carbocycles. The predicted octanol–water partition coefficient (Wildman–Crippen LogP) is 2.50. The van der Waals surface area contributed by atoms with Crippen molar-refractivity contribution in [2.24, 2.45) is 0 Å². The van der Waals surface area contributed by atoms with Gasteiger partial charge in [0.25, 0.3) is 5.56 Å². The Kier molecular flexibility index (Phi) is 3.38. The highest BCUT2D eigenvalue weighted by Crippen LogP contribution is 2.24. The maximum Gasteiger partial charge on any atom is 0.267 e. The van der Waals surface area contributed by atoms with Crippen molar-refractivity contribution in [3.63, 3.8) is 0 Å². The van der Waals surface area contributed by atoms with E-state index in [0.29, 0.717) is 16.3 Å². The number of rotatable bonds is 2. The second-order valence-corrected chi connectivity index (χ2v) is 5.54. The lowest BCUT2D eigenvalue weighted by Gasteiger charge is -2.26. The van der Waals surface area contributed by atoms with Gasteiger partial charge in [-0.2, -0.15) is 0 Å². The molecule has 19 heavy (non-hydrogen) atoms. The van der Waals surface area contributed by atoms with Gasteiger partial charge < -0.3 is 10.3 Å². The molecule has 0 radical (unpaired) electrons. The topological polar surface area (TPSA) is 57.8 Å². The molecule has 4 nitrogen and oxygen atoms in total. The van der Waals surface area contributed by atoms with Gasteiger partial charge in [-0.15, -0.1) is 0 Å². The standard InChI is InChI=1S/C14H14BrN3O/c15-12-13(16-8-17-14(12)19)18-11-6-5-9-3-1-2-4-10(9)7-11/h1-4,8,11H,5-7H2,(H2,16,17,18,19). The van der Waals surface area contributed by atoms with E-state index in [-0.39, 0.29) is 5.56 Å². The number of anilines is 1. The molecule has 5 heteroatoms. The van der Waals surface area contributed by atoms with E-state index in [1.807, 2.05) is 0 Å². The fourth-order valence-corrected chi connectivity index (χ4v) is 2.83. The monoisotopic (exact) mass is 319 g/mol. The Morgan fingerprint density at radius 3 is 2.95 bits per heavy atom. The lowest BCUT2D eigenvalue weighted by molar-refractivity contribution is 0.608. The van der Waals surface area contributed by atoms with Crippen LogP contribution in [-0.2, 0) is 12.8 Å². The number of halogens is 1. The van der Waals surface area contributed by atoms with Crippen LogP contribution >= 0.6 is 15.9 Å². The summed E-state index contributed by atoms with van der Waals surface area (Å²) in [6.07, 6.45) is 4.51. The number of aromatic amines is 1. The van der Waals surface area contributed by atoms with Crippen LogP contribution in [0.25, 0.3) is 0 Å². The number of nitrogens with one attached hydrogen (secondary N) is 2. The first-order valence-electron chi connectivity index (χ1n) is 6.30. The van der Waals surface area contributed by atoms with Crippen molar-refractivity contribution in [1.82, 2.24) is 9.97 Å². The molecule has 1 unspecified atom stereocenters. The van der Waals surface area contributed by atoms with Gasteiger partial charge in [0.2, 0.25) is 0 Å². The largest absolute Gasteiger partial charge is 0.366 e. The third kappa shape index (κ3) is 2.56. The Morgan fingerprint density at radius 2 is 2.11 bits per heavy atom. The van der Waals surface area contributed by atoms with E-state index in [4.69, 9.17) is 0 Å². The molecular weight excluding hydrogens is 306 g/mol. The quantitative estimate of drug-likeness (QED) is 0.894. The molecule has 1 aliphatic rings. The Balaban J connectivity index is 1.79. The first-order chi connectivity index (χ1) is 9.24. The van der Waals surface area contributed by atoms with Crippen molar-refractivity contribution in [1.29, 1.82) is 0 Å². The molecule has 1 heterocycles. The molecule has 1 aliphatic carbocycles. The molecular formula is C14H14BrN3O. The molecule has 0 fully saturated rings. The van der Waals surface area contributed by atoms with Crippen molar-refractivity contribution < 1.29 is 0 Å². The highest BCUT2D eigenvalue weighted by atomic mass is 79.9. The van der Waals surface area contributed by atoms with Gasteiger partial charge in [-0.25, -0.2) is 4.98 Å². The summed E-state index contributed by atoms with van der Waals surface area (Å²) in [5.41, 5.74) is 2.65. The molecule has 0 spiro atoms. The summed E-state index contributed by atoms with van der Waals surface area (Å²) in [7, 11) is 0. The summed E-state index contributed by atoms with van der Waals surface area (Å²) in [6, 6.07) is 8.83. The van der Waals surface area contributed by atoms with Crippen LogP contribution in [0.4, 0.5) is 5.82 Å². The van der Waals surface area contributed by atoms with E-state index in [0.717, 1.165) is 19.3 Å². The van der Waals surface area contributed by atoms with Crippen molar-refractivity contribution in [3.8, 4) is 0 Å². The summed E-state index contributed by atoms with van der Waals surface area (Å²) in [6.45, 7) is 0. The number of hydrogen-bond donors (Lipinski definition) is 2. The van der Waals surface area contributed by atoms with E-state index in [9.17, 15) is 4.79 Å². The second-order valence-electron chi connectivity index (χ2n) is 4.75. The maximum atomic E-state index is 11.5. The molecule has 0 aliphatic heterocycles. The predicted molar refractivity (Wildman–Crippen MR) is 78.4 cm³/mol. The van der Waals surface area contributed by atoms with Gasteiger partial charge in [-0.3, -0.25) is 4.79 Å². The van der Waals surface area contributed by atoms with Gasteiger partial charge >= 0.3 is 0 Å². The Morgan fingerprint density at radius 1 is 1.32 bits per heavy atom. The third-order valence-electron chi connectivity index (χ3n) is 3.48. The minimum atomic E-state index is -0.159. The van der Waals surface area contributed by atoms with Gasteiger partial charge in [-0.05, 0) is 46.3 Å². The number of H-pyrrole nitrogens is 1. The number of benzene rings is 1. The van der Waals surface area contributed by atoms with Crippen molar-refractivity contribution in [3.05, 3.63) is 56.5 Å². The Bertz CT molecular complexity index is 653. The maximum absolute atomic E-state index is 11.5. The van der Waals surface area contributed by atoms with Gasteiger partial charge in [0, 0.05) is 6.04 Å². The summed E-state index contributed by atoms with van der Waals surface area (Å²) in [5.74, 6) is 0.619. The molecule has 2 N–H and O–H groups in total. The second kappa shape index (κ2) is 5.17. The summed E-state index contributed by atoms with van der Waals surface area (Å²) >= 11 is 3.27. The van der Waals surface area contributed by atoms with Gasteiger partial charge in [0.15, 0.2) is 0 Å². The molecule has 2 aromatic rings.